The Kier molecular flexibility index (Phi) is 2.09. The van der Waals surface area contributed by atoms with Gasteiger partial charge in [0.25, 0.3) is 0 Å². The van der Waals surface area contributed by atoms with Crippen LogP contribution in [0, 0.1) is 6.07 Å². The summed E-state index contributed by atoms with van der Waals surface area (Å²) >= 11 is 5.57. The van der Waals surface area contributed by atoms with E-state index in [1.807, 2.05) is 12.1 Å². The highest BCUT2D eigenvalue weighted by molar-refractivity contribution is 6.20. The first-order valence-electron chi connectivity index (χ1n) is 2.66. The van der Waals surface area contributed by atoms with Gasteiger partial charge < -0.3 is 5.73 Å². The summed E-state index contributed by atoms with van der Waals surface area (Å²) in [6.45, 7) is 0. The molecule has 1 nitrogen and oxygen atoms in total. The molecule has 1 radical (unpaired) electrons. The molecule has 2 N–H and O–H groups in total. The number of hydrogen-bond acceptors (Lipinski definition) is 1. The van der Waals surface area contributed by atoms with Crippen LogP contribution in [-0.4, -0.2) is 0 Å². The van der Waals surface area contributed by atoms with Gasteiger partial charge in [-0.25, -0.2) is 0 Å². The number of hydrogen-bond donors (Lipinski definition) is 1. The Hall–Kier alpha value is -0.530. The first-order valence-corrected chi connectivity index (χ1v) is 3.10. The molecule has 0 bridgehead atoms. The molecule has 2 heteroatoms. The molecule has 0 fully saturated rings. The fourth-order valence-corrected chi connectivity index (χ4v) is 0.729. The molecule has 1 unspecified atom stereocenters. The SMILES string of the molecule is NC(Cl)c1cc[c]cc1. The number of nitrogens with two attached hydrogens (primary N) is 1. The van der Waals surface area contributed by atoms with Crippen LogP contribution >= 0.6 is 11.6 Å². The lowest BCUT2D eigenvalue weighted by Crippen LogP contribution is -2.00. The van der Waals surface area contributed by atoms with E-state index < -0.39 is 0 Å². The second-order valence-corrected chi connectivity index (χ2v) is 2.21. The molecule has 0 amide bonds. The predicted octanol–water partition coefficient (Wildman–Crippen LogP) is 1.68. The summed E-state index contributed by atoms with van der Waals surface area (Å²) in [6.07, 6.45) is 0. The van der Waals surface area contributed by atoms with Gasteiger partial charge in [0.05, 0.1) is 0 Å². The molecular weight excluding hydrogens is 134 g/mol. The van der Waals surface area contributed by atoms with E-state index in [-0.39, 0.29) is 5.50 Å². The summed E-state index contributed by atoms with van der Waals surface area (Å²) in [5, 5.41) is 0. The third kappa shape index (κ3) is 1.70. The van der Waals surface area contributed by atoms with Crippen molar-refractivity contribution in [1.29, 1.82) is 0 Å². The first kappa shape index (κ1) is 6.59. The fourth-order valence-electron chi connectivity index (χ4n) is 0.584. The van der Waals surface area contributed by atoms with E-state index >= 15 is 0 Å². The molecule has 1 aromatic carbocycles. The fraction of sp³-hybridized carbons (Fsp3) is 0.143. The number of rotatable bonds is 1. The van der Waals surface area contributed by atoms with Crippen LogP contribution in [0.15, 0.2) is 24.3 Å². The molecule has 0 aromatic heterocycles. The van der Waals surface area contributed by atoms with E-state index in [9.17, 15) is 0 Å². The van der Waals surface area contributed by atoms with E-state index in [0.29, 0.717) is 0 Å². The molecule has 0 heterocycles. The van der Waals surface area contributed by atoms with Crippen LogP contribution in [0.5, 0.6) is 0 Å². The largest absolute Gasteiger partial charge is 0.312 e. The van der Waals surface area contributed by atoms with Gasteiger partial charge in [0.1, 0.15) is 5.50 Å². The summed E-state index contributed by atoms with van der Waals surface area (Å²) < 4.78 is 0. The Morgan fingerprint density at radius 3 is 2.33 bits per heavy atom. The van der Waals surface area contributed by atoms with E-state index in [4.69, 9.17) is 17.3 Å². The zero-order valence-corrected chi connectivity index (χ0v) is 5.60. The third-order valence-corrected chi connectivity index (χ3v) is 1.31. The maximum atomic E-state index is 5.57. The summed E-state index contributed by atoms with van der Waals surface area (Å²) in [7, 11) is 0. The molecule has 0 saturated heterocycles. The lowest BCUT2D eigenvalue weighted by atomic mass is 10.2. The van der Waals surface area contributed by atoms with Crippen molar-refractivity contribution < 1.29 is 0 Å². The van der Waals surface area contributed by atoms with Crippen molar-refractivity contribution in [3.63, 3.8) is 0 Å². The predicted molar refractivity (Wildman–Crippen MR) is 38.1 cm³/mol. The molecule has 47 valence electrons. The van der Waals surface area contributed by atoms with Gasteiger partial charge in [-0.1, -0.05) is 24.3 Å². The Labute approximate surface area is 59.4 Å². The Morgan fingerprint density at radius 1 is 1.44 bits per heavy atom. The monoisotopic (exact) mass is 140 g/mol. The minimum absolute atomic E-state index is 0.389. The lowest BCUT2D eigenvalue weighted by Gasteiger charge is -1.99. The molecule has 1 atom stereocenters. The highest BCUT2D eigenvalue weighted by Gasteiger charge is 1.96. The number of alkyl halides is 1. The van der Waals surface area contributed by atoms with Crippen molar-refractivity contribution in [2.75, 3.05) is 0 Å². The zero-order chi connectivity index (χ0) is 6.69. The van der Waals surface area contributed by atoms with Crippen molar-refractivity contribution in [2.24, 2.45) is 5.73 Å². The summed E-state index contributed by atoms with van der Waals surface area (Å²) in [4.78, 5) is 0. The number of halogens is 1. The minimum atomic E-state index is -0.389. The molecular formula is C7H7ClN. The Bertz CT molecular complexity index is 172. The molecule has 1 aromatic rings. The summed E-state index contributed by atoms with van der Waals surface area (Å²) in [6, 6.07) is 10.1. The van der Waals surface area contributed by atoms with Gasteiger partial charge in [0.15, 0.2) is 0 Å². The van der Waals surface area contributed by atoms with Crippen LogP contribution in [0.25, 0.3) is 0 Å². The second kappa shape index (κ2) is 2.85. The van der Waals surface area contributed by atoms with Crippen molar-refractivity contribution in [3.05, 3.63) is 35.9 Å². The smallest absolute Gasteiger partial charge is 0.106 e. The van der Waals surface area contributed by atoms with Crippen LogP contribution in [0.2, 0.25) is 0 Å². The first-order chi connectivity index (χ1) is 4.30. The lowest BCUT2D eigenvalue weighted by molar-refractivity contribution is 1.02. The molecule has 1 rings (SSSR count). The van der Waals surface area contributed by atoms with E-state index in [0.717, 1.165) is 5.56 Å². The van der Waals surface area contributed by atoms with Crippen LogP contribution < -0.4 is 5.73 Å². The summed E-state index contributed by atoms with van der Waals surface area (Å²) in [5.41, 5.74) is 5.90. The minimum Gasteiger partial charge on any atom is -0.312 e. The van der Waals surface area contributed by atoms with E-state index in [2.05, 4.69) is 6.07 Å². The quantitative estimate of drug-likeness (QED) is 0.466. The van der Waals surface area contributed by atoms with Gasteiger partial charge in [-0.15, -0.1) is 11.6 Å². The van der Waals surface area contributed by atoms with E-state index in [1.54, 1.807) is 12.1 Å². The van der Waals surface area contributed by atoms with Crippen LogP contribution in [0.4, 0.5) is 0 Å². The Balaban J connectivity index is 2.85. The van der Waals surface area contributed by atoms with Crippen LogP contribution in [-0.2, 0) is 0 Å². The average Bonchev–Trinajstić information content (AvgIpc) is 1.90. The Morgan fingerprint density at radius 2 is 2.00 bits per heavy atom. The van der Waals surface area contributed by atoms with Gasteiger partial charge >= 0.3 is 0 Å². The zero-order valence-electron chi connectivity index (χ0n) is 4.84. The molecule has 0 aliphatic rings. The topological polar surface area (TPSA) is 26.0 Å². The van der Waals surface area contributed by atoms with Crippen LogP contribution in [0.3, 0.4) is 0 Å². The van der Waals surface area contributed by atoms with Crippen molar-refractivity contribution in [3.8, 4) is 0 Å². The molecule has 9 heavy (non-hydrogen) atoms. The van der Waals surface area contributed by atoms with Crippen molar-refractivity contribution in [1.82, 2.24) is 0 Å². The van der Waals surface area contributed by atoms with Gasteiger partial charge in [-0.3, -0.25) is 0 Å². The second-order valence-electron chi connectivity index (χ2n) is 1.74. The van der Waals surface area contributed by atoms with E-state index in [1.165, 1.54) is 0 Å². The van der Waals surface area contributed by atoms with Gasteiger partial charge in [-0.2, -0.15) is 0 Å². The molecule has 0 aliphatic heterocycles. The standard InChI is InChI=1S/C7H7ClN/c8-7(9)6-4-2-1-3-5-6/h2-5,7H,9H2. The van der Waals surface area contributed by atoms with Crippen molar-refractivity contribution in [2.45, 2.75) is 5.50 Å². The van der Waals surface area contributed by atoms with Crippen LogP contribution in [0.1, 0.15) is 11.1 Å². The van der Waals surface area contributed by atoms with Crippen molar-refractivity contribution >= 4 is 11.6 Å². The molecule has 0 aliphatic carbocycles. The van der Waals surface area contributed by atoms with Gasteiger partial charge in [0.2, 0.25) is 0 Å². The maximum Gasteiger partial charge on any atom is 0.106 e. The molecule has 0 spiro atoms. The number of benzene rings is 1. The molecule has 0 saturated carbocycles. The maximum absolute atomic E-state index is 5.57. The van der Waals surface area contributed by atoms with Gasteiger partial charge in [0, 0.05) is 0 Å². The normalized spacial score (nSPS) is 13.1. The average molecular weight is 141 g/mol. The highest BCUT2D eigenvalue weighted by Crippen LogP contribution is 2.11. The summed E-state index contributed by atoms with van der Waals surface area (Å²) in [5.74, 6) is 0. The highest BCUT2D eigenvalue weighted by atomic mass is 35.5. The third-order valence-electron chi connectivity index (χ3n) is 1.06. The van der Waals surface area contributed by atoms with Gasteiger partial charge in [-0.05, 0) is 11.6 Å².